The third kappa shape index (κ3) is 2.55. The molecule has 1 saturated heterocycles. The Morgan fingerprint density at radius 2 is 2.40 bits per heavy atom. The van der Waals surface area contributed by atoms with E-state index in [2.05, 4.69) is 20.2 Å². The van der Waals surface area contributed by atoms with E-state index in [1.54, 1.807) is 0 Å². The third-order valence-electron chi connectivity index (χ3n) is 2.38. The van der Waals surface area contributed by atoms with E-state index < -0.39 is 10.0 Å². The number of nitrogens with zero attached hydrogens (tertiary/aromatic N) is 1. The fourth-order valence-corrected chi connectivity index (χ4v) is 2.81. The number of hydrogen-bond acceptors (Lipinski definition) is 4. The van der Waals surface area contributed by atoms with Gasteiger partial charge in [-0.05, 0) is 25.5 Å². The van der Waals surface area contributed by atoms with E-state index in [4.69, 9.17) is 0 Å². The summed E-state index contributed by atoms with van der Waals surface area (Å²) in [5.74, 6) is 0. The number of aromatic nitrogens is 2. The zero-order valence-corrected chi connectivity index (χ0v) is 9.05. The van der Waals surface area contributed by atoms with Gasteiger partial charge in [-0.15, -0.1) is 0 Å². The molecule has 7 heteroatoms. The molecule has 6 nitrogen and oxygen atoms in total. The zero-order valence-electron chi connectivity index (χ0n) is 8.23. The molecule has 0 aromatic carbocycles. The average Bonchev–Trinajstić information content (AvgIpc) is 2.71. The summed E-state index contributed by atoms with van der Waals surface area (Å²) in [4.78, 5) is 0. The molecule has 0 bridgehead atoms. The van der Waals surface area contributed by atoms with Crippen molar-refractivity contribution in [2.45, 2.75) is 23.9 Å². The van der Waals surface area contributed by atoms with Crippen LogP contribution >= 0.6 is 0 Å². The molecule has 84 valence electrons. The molecule has 1 atom stereocenters. The molecule has 0 radical (unpaired) electrons. The lowest BCUT2D eigenvalue weighted by Gasteiger charge is -2.23. The van der Waals surface area contributed by atoms with Crippen molar-refractivity contribution >= 4 is 10.0 Å². The Hall–Kier alpha value is -0.920. The van der Waals surface area contributed by atoms with Gasteiger partial charge in [0.2, 0.25) is 0 Å². The Morgan fingerprint density at radius 3 is 3.00 bits per heavy atom. The van der Waals surface area contributed by atoms with Gasteiger partial charge in [0.15, 0.2) is 5.03 Å². The number of sulfonamides is 1. The van der Waals surface area contributed by atoms with Crippen LogP contribution in [0.4, 0.5) is 0 Å². The molecule has 0 saturated carbocycles. The van der Waals surface area contributed by atoms with Crippen molar-refractivity contribution in [2.24, 2.45) is 0 Å². The number of aromatic amines is 1. The standard InChI is InChI=1S/C8H14N4O2S/c13-15(14,8-3-5-10-11-8)12-7-2-1-4-9-6-7/h3,5,7,9,12H,1-2,4,6H2,(H,10,11)/t7-/m0/s1. The van der Waals surface area contributed by atoms with Gasteiger partial charge in [-0.2, -0.15) is 5.10 Å². The van der Waals surface area contributed by atoms with Gasteiger partial charge in [0.25, 0.3) is 10.0 Å². The smallest absolute Gasteiger partial charge is 0.257 e. The molecule has 1 aliphatic rings. The first-order valence-corrected chi connectivity index (χ1v) is 6.39. The quantitative estimate of drug-likeness (QED) is 0.649. The summed E-state index contributed by atoms with van der Waals surface area (Å²) in [7, 11) is -3.42. The van der Waals surface area contributed by atoms with Gasteiger partial charge in [-0.1, -0.05) is 0 Å². The van der Waals surface area contributed by atoms with E-state index in [9.17, 15) is 8.42 Å². The van der Waals surface area contributed by atoms with Crippen LogP contribution in [0.15, 0.2) is 17.3 Å². The minimum Gasteiger partial charge on any atom is -0.315 e. The molecule has 0 amide bonds. The summed E-state index contributed by atoms with van der Waals surface area (Å²) >= 11 is 0. The van der Waals surface area contributed by atoms with Crippen LogP contribution in [0.3, 0.4) is 0 Å². The second-order valence-electron chi connectivity index (χ2n) is 3.59. The minimum atomic E-state index is -3.42. The van der Waals surface area contributed by atoms with Crippen LogP contribution in [0.1, 0.15) is 12.8 Å². The third-order valence-corrected chi connectivity index (χ3v) is 3.83. The van der Waals surface area contributed by atoms with Crippen molar-refractivity contribution in [1.29, 1.82) is 0 Å². The summed E-state index contributed by atoms with van der Waals surface area (Å²) in [5.41, 5.74) is 0. The van der Waals surface area contributed by atoms with Crippen molar-refractivity contribution < 1.29 is 8.42 Å². The highest BCUT2D eigenvalue weighted by molar-refractivity contribution is 7.89. The van der Waals surface area contributed by atoms with E-state index >= 15 is 0 Å². The van der Waals surface area contributed by atoms with E-state index in [0.29, 0.717) is 6.54 Å². The Morgan fingerprint density at radius 1 is 1.53 bits per heavy atom. The largest absolute Gasteiger partial charge is 0.315 e. The summed E-state index contributed by atoms with van der Waals surface area (Å²) < 4.78 is 26.1. The molecule has 0 aliphatic carbocycles. The Kier molecular flexibility index (Phi) is 3.03. The first-order chi connectivity index (χ1) is 7.18. The molecule has 1 aliphatic heterocycles. The van der Waals surface area contributed by atoms with Gasteiger partial charge in [-0.3, -0.25) is 5.10 Å². The molecular formula is C8H14N4O2S. The van der Waals surface area contributed by atoms with Gasteiger partial charge in [0.05, 0.1) is 6.20 Å². The maximum Gasteiger partial charge on any atom is 0.257 e. The Balaban J connectivity index is 2.04. The van der Waals surface area contributed by atoms with E-state index in [0.717, 1.165) is 19.4 Å². The summed E-state index contributed by atoms with van der Waals surface area (Å²) in [6.07, 6.45) is 3.30. The van der Waals surface area contributed by atoms with Crippen LogP contribution in [0, 0.1) is 0 Å². The molecule has 1 fully saturated rings. The van der Waals surface area contributed by atoms with Gasteiger partial charge < -0.3 is 5.32 Å². The van der Waals surface area contributed by atoms with E-state index in [1.165, 1.54) is 12.3 Å². The van der Waals surface area contributed by atoms with Crippen LogP contribution in [0.2, 0.25) is 0 Å². The summed E-state index contributed by atoms with van der Waals surface area (Å²) in [6.45, 7) is 1.65. The second-order valence-corrected chi connectivity index (χ2v) is 5.27. The van der Waals surface area contributed by atoms with Gasteiger partial charge in [0, 0.05) is 12.6 Å². The first-order valence-electron chi connectivity index (χ1n) is 4.91. The van der Waals surface area contributed by atoms with Crippen LogP contribution in [-0.2, 0) is 10.0 Å². The second kappa shape index (κ2) is 4.30. The van der Waals surface area contributed by atoms with Crippen molar-refractivity contribution in [3.05, 3.63) is 12.3 Å². The topological polar surface area (TPSA) is 86.9 Å². The van der Waals surface area contributed by atoms with Crippen molar-refractivity contribution in [3.8, 4) is 0 Å². The monoisotopic (exact) mass is 230 g/mol. The lowest BCUT2D eigenvalue weighted by Crippen LogP contribution is -2.45. The molecule has 2 heterocycles. The number of rotatable bonds is 3. The maximum absolute atomic E-state index is 11.8. The van der Waals surface area contributed by atoms with Crippen molar-refractivity contribution in [3.63, 3.8) is 0 Å². The molecule has 0 unspecified atom stereocenters. The molecule has 2 rings (SSSR count). The molecular weight excluding hydrogens is 216 g/mol. The van der Waals surface area contributed by atoms with E-state index in [-0.39, 0.29) is 11.1 Å². The maximum atomic E-state index is 11.8. The van der Waals surface area contributed by atoms with Crippen LogP contribution in [0.5, 0.6) is 0 Å². The normalized spacial score (nSPS) is 22.8. The highest BCUT2D eigenvalue weighted by atomic mass is 32.2. The molecule has 3 N–H and O–H groups in total. The van der Waals surface area contributed by atoms with Crippen molar-refractivity contribution in [2.75, 3.05) is 13.1 Å². The van der Waals surface area contributed by atoms with Crippen LogP contribution in [0.25, 0.3) is 0 Å². The fourth-order valence-electron chi connectivity index (χ4n) is 1.63. The summed E-state index contributed by atoms with van der Waals surface area (Å²) in [5, 5.41) is 9.34. The predicted octanol–water partition coefficient (Wildman–Crippen LogP) is -0.560. The molecule has 15 heavy (non-hydrogen) atoms. The minimum absolute atomic E-state index is 0.0213. The van der Waals surface area contributed by atoms with E-state index in [1.807, 2.05) is 0 Å². The molecule has 0 spiro atoms. The number of hydrogen-bond donors (Lipinski definition) is 3. The lowest BCUT2D eigenvalue weighted by molar-refractivity contribution is 0.428. The van der Waals surface area contributed by atoms with Gasteiger partial charge >= 0.3 is 0 Å². The van der Waals surface area contributed by atoms with Crippen LogP contribution < -0.4 is 10.0 Å². The van der Waals surface area contributed by atoms with Crippen LogP contribution in [-0.4, -0.2) is 37.7 Å². The van der Waals surface area contributed by atoms with Gasteiger partial charge in [0.1, 0.15) is 0 Å². The predicted molar refractivity (Wildman–Crippen MR) is 54.8 cm³/mol. The first kappa shape index (κ1) is 10.6. The Bertz CT molecular complexity index is 394. The number of piperidine rings is 1. The number of nitrogens with one attached hydrogen (secondary N) is 3. The molecule has 1 aromatic rings. The molecule has 1 aromatic heterocycles. The average molecular weight is 230 g/mol. The van der Waals surface area contributed by atoms with Crippen molar-refractivity contribution in [1.82, 2.24) is 20.2 Å². The highest BCUT2D eigenvalue weighted by Gasteiger charge is 2.22. The lowest BCUT2D eigenvalue weighted by atomic mass is 10.1. The highest BCUT2D eigenvalue weighted by Crippen LogP contribution is 2.07. The SMILES string of the molecule is O=S(=O)(N[C@H]1CCCNC1)c1ccn[nH]1. The summed E-state index contributed by atoms with van der Waals surface area (Å²) in [6, 6.07) is 1.42. The van der Waals surface area contributed by atoms with Gasteiger partial charge in [-0.25, -0.2) is 13.1 Å². The number of H-pyrrole nitrogens is 1. The Labute approximate surface area is 88.5 Å². The fraction of sp³-hybridized carbons (Fsp3) is 0.625. The zero-order chi connectivity index (χ0) is 10.7.